The lowest BCUT2D eigenvalue weighted by atomic mass is 10.2. The highest BCUT2D eigenvalue weighted by molar-refractivity contribution is 5.92. The summed E-state index contributed by atoms with van der Waals surface area (Å²) in [6.45, 7) is 4.32. The number of carbonyl (C=O) groups excluding carboxylic acids is 2. The fraction of sp³-hybridized carbons (Fsp3) is 0.562. The van der Waals surface area contributed by atoms with Crippen molar-refractivity contribution < 1.29 is 14.3 Å². The summed E-state index contributed by atoms with van der Waals surface area (Å²) in [5.74, 6) is -0.169. The van der Waals surface area contributed by atoms with Gasteiger partial charge in [0, 0.05) is 39.3 Å². The quantitative estimate of drug-likeness (QED) is 0.789. The van der Waals surface area contributed by atoms with E-state index in [-0.39, 0.29) is 12.0 Å². The van der Waals surface area contributed by atoms with Crippen LogP contribution in [0.2, 0.25) is 0 Å². The molecular formula is C16H22N4O3. The maximum atomic E-state index is 12.1. The summed E-state index contributed by atoms with van der Waals surface area (Å²) in [6.07, 6.45) is 4.80. The normalized spacial score (nSPS) is 21.3. The van der Waals surface area contributed by atoms with Gasteiger partial charge in [-0.2, -0.15) is 0 Å². The van der Waals surface area contributed by atoms with Gasteiger partial charge in [-0.3, -0.25) is 9.59 Å². The summed E-state index contributed by atoms with van der Waals surface area (Å²) >= 11 is 0. The summed E-state index contributed by atoms with van der Waals surface area (Å²) in [4.78, 5) is 31.0. The van der Waals surface area contributed by atoms with Gasteiger partial charge < -0.3 is 19.9 Å². The molecule has 2 amide bonds. The van der Waals surface area contributed by atoms with E-state index in [1.807, 2.05) is 6.07 Å². The smallest absolute Gasteiger partial charge is 0.269 e. The Labute approximate surface area is 135 Å². The average Bonchev–Trinajstić information content (AvgIpc) is 3.13. The zero-order valence-corrected chi connectivity index (χ0v) is 13.1. The van der Waals surface area contributed by atoms with Crippen molar-refractivity contribution in [3.05, 3.63) is 24.0 Å². The van der Waals surface area contributed by atoms with Crippen LogP contribution in [0.15, 0.2) is 18.3 Å². The minimum Gasteiger partial charge on any atom is -0.376 e. The van der Waals surface area contributed by atoms with E-state index in [9.17, 15) is 9.59 Å². The monoisotopic (exact) mass is 318 g/mol. The molecule has 2 saturated heterocycles. The number of carbonyl (C=O) groups is 2. The number of anilines is 1. The molecule has 0 spiro atoms. The number of hydrogen-bond donors (Lipinski definition) is 1. The van der Waals surface area contributed by atoms with E-state index in [0.717, 1.165) is 44.6 Å². The zero-order valence-electron chi connectivity index (χ0n) is 13.1. The first-order valence-corrected chi connectivity index (χ1v) is 8.06. The topological polar surface area (TPSA) is 74.8 Å². The lowest BCUT2D eigenvalue weighted by Gasteiger charge is -2.33. The Bertz CT molecular complexity index is 535. The van der Waals surface area contributed by atoms with Crippen molar-refractivity contribution in [2.75, 3.05) is 44.2 Å². The first kappa shape index (κ1) is 15.7. The summed E-state index contributed by atoms with van der Waals surface area (Å²) < 4.78 is 5.49. The van der Waals surface area contributed by atoms with Crippen molar-refractivity contribution in [3.63, 3.8) is 0 Å². The van der Waals surface area contributed by atoms with Crippen molar-refractivity contribution in [3.8, 4) is 0 Å². The molecule has 7 heteroatoms. The highest BCUT2D eigenvalue weighted by atomic mass is 16.5. The second kappa shape index (κ2) is 7.41. The van der Waals surface area contributed by atoms with Gasteiger partial charge in [0.05, 0.1) is 18.0 Å². The van der Waals surface area contributed by atoms with Crippen LogP contribution in [0.4, 0.5) is 5.69 Å². The molecule has 7 nitrogen and oxygen atoms in total. The molecule has 2 aliphatic heterocycles. The molecule has 0 saturated carbocycles. The molecule has 0 aliphatic carbocycles. The number of rotatable bonds is 5. The molecule has 124 valence electrons. The lowest BCUT2D eigenvalue weighted by molar-refractivity contribution is -0.118. The van der Waals surface area contributed by atoms with Gasteiger partial charge in [0.25, 0.3) is 5.91 Å². The fourth-order valence-electron chi connectivity index (χ4n) is 2.90. The molecule has 1 atom stereocenters. The van der Waals surface area contributed by atoms with Crippen LogP contribution in [-0.4, -0.2) is 67.6 Å². The molecule has 3 rings (SSSR count). The minimum absolute atomic E-state index is 0.132. The molecular weight excluding hydrogens is 296 g/mol. The van der Waals surface area contributed by atoms with E-state index in [2.05, 4.69) is 15.2 Å². The van der Waals surface area contributed by atoms with Crippen LogP contribution in [0.5, 0.6) is 0 Å². The molecule has 2 fully saturated rings. The number of piperazine rings is 1. The van der Waals surface area contributed by atoms with Crippen molar-refractivity contribution in [1.29, 1.82) is 0 Å². The van der Waals surface area contributed by atoms with E-state index in [1.165, 1.54) is 0 Å². The van der Waals surface area contributed by atoms with Gasteiger partial charge in [0.1, 0.15) is 5.69 Å². The van der Waals surface area contributed by atoms with E-state index >= 15 is 0 Å². The van der Waals surface area contributed by atoms with E-state index in [0.29, 0.717) is 25.3 Å². The van der Waals surface area contributed by atoms with E-state index < -0.39 is 0 Å². The van der Waals surface area contributed by atoms with Crippen LogP contribution in [-0.2, 0) is 9.53 Å². The molecule has 0 bridgehead atoms. The Balaban J connectivity index is 1.52. The minimum atomic E-state index is -0.169. The van der Waals surface area contributed by atoms with Gasteiger partial charge in [0.2, 0.25) is 6.41 Å². The maximum absolute atomic E-state index is 12.1. The summed E-state index contributed by atoms with van der Waals surface area (Å²) in [5.41, 5.74) is 1.39. The number of hydrogen-bond acceptors (Lipinski definition) is 5. The number of amides is 2. The molecule has 0 aromatic carbocycles. The van der Waals surface area contributed by atoms with Gasteiger partial charge in [-0.1, -0.05) is 0 Å². The molecule has 23 heavy (non-hydrogen) atoms. The van der Waals surface area contributed by atoms with Crippen LogP contribution in [0.3, 0.4) is 0 Å². The predicted octanol–water partition coefficient (Wildman–Crippen LogP) is 0.269. The fourth-order valence-corrected chi connectivity index (χ4v) is 2.90. The van der Waals surface area contributed by atoms with Crippen molar-refractivity contribution in [2.45, 2.75) is 18.9 Å². The van der Waals surface area contributed by atoms with Crippen LogP contribution >= 0.6 is 0 Å². The summed E-state index contributed by atoms with van der Waals surface area (Å²) in [5, 5.41) is 2.87. The molecule has 1 aromatic rings. The number of nitrogens with one attached hydrogen (secondary N) is 1. The first-order valence-electron chi connectivity index (χ1n) is 8.06. The molecule has 1 N–H and O–H groups in total. The average molecular weight is 318 g/mol. The Hall–Kier alpha value is -2.15. The van der Waals surface area contributed by atoms with Crippen LogP contribution in [0.1, 0.15) is 23.3 Å². The molecule has 3 heterocycles. The third-order valence-electron chi connectivity index (χ3n) is 4.32. The number of nitrogens with zero attached hydrogens (tertiary/aromatic N) is 3. The second-order valence-corrected chi connectivity index (χ2v) is 5.88. The van der Waals surface area contributed by atoms with Gasteiger partial charge in [0.15, 0.2) is 0 Å². The molecule has 1 unspecified atom stereocenters. The second-order valence-electron chi connectivity index (χ2n) is 5.88. The highest BCUT2D eigenvalue weighted by Crippen LogP contribution is 2.15. The standard InChI is InChI=1S/C16H22N4O3/c21-12-19-5-7-20(8-6-19)13-3-4-15(17-10-13)16(22)18-11-14-2-1-9-23-14/h3-4,10,12,14H,1-2,5-9,11H2,(H,18,22). The largest absolute Gasteiger partial charge is 0.376 e. The first-order chi connectivity index (χ1) is 11.3. The molecule has 2 aliphatic rings. The third-order valence-corrected chi connectivity index (χ3v) is 4.32. The predicted molar refractivity (Wildman–Crippen MR) is 85.4 cm³/mol. The van der Waals surface area contributed by atoms with Crippen molar-refractivity contribution >= 4 is 18.0 Å². The van der Waals surface area contributed by atoms with Crippen molar-refractivity contribution in [1.82, 2.24) is 15.2 Å². The van der Waals surface area contributed by atoms with Crippen LogP contribution < -0.4 is 10.2 Å². The van der Waals surface area contributed by atoms with Crippen LogP contribution in [0, 0.1) is 0 Å². The van der Waals surface area contributed by atoms with Gasteiger partial charge in [-0.15, -0.1) is 0 Å². The SMILES string of the molecule is O=CN1CCN(c2ccc(C(=O)NCC3CCCO3)nc2)CC1. The van der Waals surface area contributed by atoms with Gasteiger partial charge in [-0.05, 0) is 25.0 Å². The van der Waals surface area contributed by atoms with Crippen molar-refractivity contribution in [2.24, 2.45) is 0 Å². The number of ether oxygens (including phenoxy) is 1. The Morgan fingerprint density at radius 3 is 2.78 bits per heavy atom. The summed E-state index contributed by atoms with van der Waals surface area (Å²) in [7, 11) is 0. The maximum Gasteiger partial charge on any atom is 0.269 e. The number of aromatic nitrogens is 1. The third kappa shape index (κ3) is 3.98. The Kier molecular flexibility index (Phi) is 5.07. The molecule has 1 aromatic heterocycles. The Morgan fingerprint density at radius 2 is 2.17 bits per heavy atom. The molecule has 0 radical (unpaired) electrons. The van der Waals surface area contributed by atoms with E-state index in [1.54, 1.807) is 17.2 Å². The number of pyridine rings is 1. The Morgan fingerprint density at radius 1 is 1.35 bits per heavy atom. The van der Waals surface area contributed by atoms with E-state index in [4.69, 9.17) is 4.74 Å². The highest BCUT2D eigenvalue weighted by Gasteiger charge is 2.18. The summed E-state index contributed by atoms with van der Waals surface area (Å²) in [6, 6.07) is 3.65. The lowest BCUT2D eigenvalue weighted by Crippen LogP contribution is -2.45. The zero-order chi connectivity index (χ0) is 16.1. The van der Waals surface area contributed by atoms with Crippen LogP contribution in [0.25, 0.3) is 0 Å². The van der Waals surface area contributed by atoms with Gasteiger partial charge >= 0.3 is 0 Å². The van der Waals surface area contributed by atoms with Gasteiger partial charge in [-0.25, -0.2) is 4.98 Å².